The van der Waals surface area contributed by atoms with Gasteiger partial charge in [-0.05, 0) is 37.5 Å². The van der Waals surface area contributed by atoms with Crippen LogP contribution in [0.3, 0.4) is 0 Å². The summed E-state index contributed by atoms with van der Waals surface area (Å²) >= 11 is 0. The number of unbranched alkanes of at least 4 members (excludes halogenated alkanes) is 2. The largest absolute Gasteiger partial charge is 0.491 e. The number of hydrogen-bond acceptors (Lipinski definition) is 3. The van der Waals surface area contributed by atoms with Crippen molar-refractivity contribution in [2.24, 2.45) is 0 Å². The molecule has 1 aromatic rings. The molecule has 0 fully saturated rings. The molecule has 0 radical (unpaired) electrons. The molecule has 0 aliphatic rings. The first-order chi connectivity index (χ1) is 7.77. The summed E-state index contributed by atoms with van der Waals surface area (Å²) in [4.78, 5) is 0. The Morgan fingerprint density at radius 2 is 2.12 bits per heavy atom. The zero-order valence-electron chi connectivity index (χ0n) is 8.95. The molecule has 0 aliphatic carbocycles. The van der Waals surface area contributed by atoms with Crippen LogP contribution in [0.1, 0.15) is 24.8 Å². The van der Waals surface area contributed by atoms with Gasteiger partial charge in [0, 0.05) is 6.61 Å². The van der Waals surface area contributed by atoms with Crippen LogP contribution in [0.4, 0.5) is 4.39 Å². The molecule has 1 N–H and O–H groups in total. The van der Waals surface area contributed by atoms with Crippen molar-refractivity contribution in [3.8, 4) is 11.8 Å². The van der Waals surface area contributed by atoms with Crippen molar-refractivity contribution in [3.05, 3.63) is 29.6 Å². The van der Waals surface area contributed by atoms with Gasteiger partial charge in [0.15, 0.2) is 11.6 Å². The van der Waals surface area contributed by atoms with E-state index in [1.165, 1.54) is 12.1 Å². The molecule has 0 unspecified atom stereocenters. The van der Waals surface area contributed by atoms with E-state index in [-0.39, 0.29) is 17.9 Å². The van der Waals surface area contributed by atoms with Gasteiger partial charge < -0.3 is 9.84 Å². The number of rotatable bonds is 6. The Balaban J connectivity index is 2.40. The maximum Gasteiger partial charge on any atom is 0.166 e. The quantitative estimate of drug-likeness (QED) is 0.752. The monoisotopic (exact) mass is 223 g/mol. The highest BCUT2D eigenvalue weighted by molar-refractivity contribution is 5.35. The minimum absolute atomic E-state index is 0.169. The van der Waals surface area contributed by atoms with Gasteiger partial charge in [0.2, 0.25) is 0 Å². The van der Waals surface area contributed by atoms with Crippen LogP contribution in [0.2, 0.25) is 0 Å². The molecule has 0 atom stereocenters. The van der Waals surface area contributed by atoms with E-state index < -0.39 is 5.82 Å². The molecular formula is C12H14FNO2. The van der Waals surface area contributed by atoms with Crippen LogP contribution < -0.4 is 4.74 Å². The van der Waals surface area contributed by atoms with Crippen LogP contribution in [0.5, 0.6) is 5.75 Å². The van der Waals surface area contributed by atoms with Gasteiger partial charge in [-0.3, -0.25) is 0 Å². The van der Waals surface area contributed by atoms with Crippen molar-refractivity contribution in [2.45, 2.75) is 19.3 Å². The van der Waals surface area contributed by atoms with Gasteiger partial charge in [0.05, 0.1) is 18.2 Å². The number of hydrogen-bond donors (Lipinski definition) is 1. The van der Waals surface area contributed by atoms with Crippen molar-refractivity contribution >= 4 is 0 Å². The second-order valence-corrected chi connectivity index (χ2v) is 3.39. The van der Waals surface area contributed by atoms with E-state index in [0.29, 0.717) is 6.61 Å². The number of nitrogens with zero attached hydrogens (tertiary/aromatic N) is 1. The molecule has 16 heavy (non-hydrogen) atoms. The molecule has 0 aliphatic heterocycles. The molecule has 0 aromatic heterocycles. The molecule has 86 valence electrons. The Morgan fingerprint density at radius 3 is 2.75 bits per heavy atom. The second-order valence-electron chi connectivity index (χ2n) is 3.39. The Morgan fingerprint density at radius 1 is 1.31 bits per heavy atom. The summed E-state index contributed by atoms with van der Waals surface area (Å²) in [6, 6.07) is 5.99. The summed E-state index contributed by atoms with van der Waals surface area (Å²) < 4.78 is 18.5. The molecular weight excluding hydrogens is 209 g/mol. The average Bonchev–Trinajstić information content (AvgIpc) is 2.30. The molecule has 4 heteroatoms. The van der Waals surface area contributed by atoms with E-state index in [1.807, 2.05) is 6.07 Å². The van der Waals surface area contributed by atoms with Crippen molar-refractivity contribution < 1.29 is 14.2 Å². The van der Waals surface area contributed by atoms with Gasteiger partial charge >= 0.3 is 0 Å². The fourth-order valence-electron chi connectivity index (χ4n) is 1.26. The van der Waals surface area contributed by atoms with E-state index in [0.717, 1.165) is 25.3 Å². The van der Waals surface area contributed by atoms with Crippen molar-refractivity contribution in [2.75, 3.05) is 13.2 Å². The molecule has 0 heterocycles. The summed E-state index contributed by atoms with van der Waals surface area (Å²) in [5, 5.41) is 17.1. The highest BCUT2D eigenvalue weighted by atomic mass is 19.1. The maximum atomic E-state index is 13.3. The van der Waals surface area contributed by atoms with E-state index >= 15 is 0 Å². The third kappa shape index (κ3) is 3.87. The minimum Gasteiger partial charge on any atom is -0.491 e. The Hall–Kier alpha value is -1.60. The molecule has 0 amide bonds. The second kappa shape index (κ2) is 6.81. The first-order valence-electron chi connectivity index (χ1n) is 5.21. The lowest BCUT2D eigenvalue weighted by molar-refractivity contribution is 0.261. The van der Waals surface area contributed by atoms with Crippen LogP contribution in [-0.4, -0.2) is 18.3 Å². The molecule has 1 aromatic carbocycles. The van der Waals surface area contributed by atoms with Gasteiger partial charge in [-0.2, -0.15) is 5.26 Å². The SMILES string of the molecule is N#Cc1ccc(OCCCCCO)c(F)c1. The van der Waals surface area contributed by atoms with E-state index in [1.54, 1.807) is 0 Å². The summed E-state index contributed by atoms with van der Waals surface area (Å²) in [5.41, 5.74) is 0.283. The number of benzene rings is 1. The first kappa shape index (κ1) is 12.5. The molecule has 0 saturated heterocycles. The zero-order chi connectivity index (χ0) is 11.8. The summed E-state index contributed by atoms with van der Waals surface area (Å²) in [7, 11) is 0. The number of nitriles is 1. The molecule has 3 nitrogen and oxygen atoms in total. The standard InChI is InChI=1S/C12H14FNO2/c13-11-8-10(9-14)4-5-12(11)16-7-3-1-2-6-15/h4-5,8,15H,1-3,6-7H2. The van der Waals surface area contributed by atoms with Crippen molar-refractivity contribution in [1.29, 1.82) is 5.26 Å². The van der Waals surface area contributed by atoms with E-state index in [2.05, 4.69) is 0 Å². The number of aliphatic hydroxyl groups excluding tert-OH is 1. The lowest BCUT2D eigenvalue weighted by Gasteiger charge is -2.06. The highest BCUT2D eigenvalue weighted by Gasteiger charge is 2.03. The van der Waals surface area contributed by atoms with Crippen LogP contribution >= 0.6 is 0 Å². The van der Waals surface area contributed by atoms with Gasteiger partial charge in [0.1, 0.15) is 0 Å². The van der Waals surface area contributed by atoms with Gasteiger partial charge in [-0.15, -0.1) is 0 Å². The normalized spacial score (nSPS) is 9.81. The smallest absolute Gasteiger partial charge is 0.166 e. The summed E-state index contributed by atoms with van der Waals surface area (Å²) in [6.07, 6.45) is 2.37. The Bertz CT molecular complexity index is 374. The van der Waals surface area contributed by atoms with E-state index in [4.69, 9.17) is 15.1 Å². The highest BCUT2D eigenvalue weighted by Crippen LogP contribution is 2.18. The summed E-state index contributed by atoms with van der Waals surface area (Å²) in [6.45, 7) is 0.591. The van der Waals surface area contributed by atoms with Gasteiger partial charge in [-0.1, -0.05) is 0 Å². The predicted octanol–water partition coefficient (Wildman–Crippen LogP) is 2.24. The van der Waals surface area contributed by atoms with Crippen LogP contribution in [0, 0.1) is 17.1 Å². The van der Waals surface area contributed by atoms with Crippen molar-refractivity contribution in [3.63, 3.8) is 0 Å². The fraction of sp³-hybridized carbons (Fsp3) is 0.417. The van der Waals surface area contributed by atoms with E-state index in [9.17, 15) is 4.39 Å². The third-order valence-electron chi connectivity index (χ3n) is 2.12. The van der Waals surface area contributed by atoms with Gasteiger partial charge in [0.25, 0.3) is 0 Å². The number of halogens is 1. The lowest BCUT2D eigenvalue weighted by atomic mass is 10.2. The fourth-order valence-corrected chi connectivity index (χ4v) is 1.26. The average molecular weight is 223 g/mol. The topological polar surface area (TPSA) is 53.2 Å². The Kier molecular flexibility index (Phi) is 5.30. The number of ether oxygens (including phenoxy) is 1. The summed E-state index contributed by atoms with van der Waals surface area (Å²) in [5.74, 6) is -0.343. The number of aliphatic hydroxyl groups is 1. The molecule has 0 saturated carbocycles. The predicted molar refractivity (Wildman–Crippen MR) is 57.5 cm³/mol. The minimum atomic E-state index is -0.513. The first-order valence-corrected chi connectivity index (χ1v) is 5.21. The van der Waals surface area contributed by atoms with Crippen molar-refractivity contribution in [1.82, 2.24) is 0 Å². The lowest BCUT2D eigenvalue weighted by Crippen LogP contribution is -2.00. The molecule has 1 rings (SSSR count). The van der Waals surface area contributed by atoms with Crippen LogP contribution in [0.15, 0.2) is 18.2 Å². The third-order valence-corrected chi connectivity index (χ3v) is 2.12. The maximum absolute atomic E-state index is 13.3. The molecule has 0 bridgehead atoms. The Labute approximate surface area is 94.1 Å². The zero-order valence-corrected chi connectivity index (χ0v) is 8.95. The van der Waals surface area contributed by atoms with Crippen LogP contribution in [-0.2, 0) is 0 Å². The molecule has 0 spiro atoms. The van der Waals surface area contributed by atoms with Gasteiger partial charge in [-0.25, -0.2) is 4.39 Å². The van der Waals surface area contributed by atoms with Crippen LogP contribution in [0.25, 0.3) is 0 Å².